The van der Waals surface area contributed by atoms with Gasteiger partial charge in [0.05, 0.1) is 51.8 Å². The molecule has 51 heavy (non-hydrogen) atoms. The van der Waals surface area contributed by atoms with E-state index >= 15 is 0 Å². The summed E-state index contributed by atoms with van der Waals surface area (Å²) in [6, 6.07) is 5.19. The van der Waals surface area contributed by atoms with Crippen molar-refractivity contribution in [3.8, 4) is 5.75 Å². The highest BCUT2D eigenvalue weighted by Gasteiger charge is 2.20. The van der Waals surface area contributed by atoms with E-state index in [0.717, 1.165) is 44.9 Å². The van der Waals surface area contributed by atoms with Gasteiger partial charge in [-0.1, -0.05) is 38.5 Å². The van der Waals surface area contributed by atoms with Crippen LogP contribution in [0, 0.1) is 0 Å². The first-order valence-electron chi connectivity index (χ1n) is 17.5. The number of amides is 3. The molecule has 0 saturated heterocycles. The maximum Gasteiger partial charge on any atom is 0.335 e. The lowest BCUT2D eigenvalue weighted by Gasteiger charge is -2.14. The number of carboxylic acids is 2. The van der Waals surface area contributed by atoms with Gasteiger partial charge in [0.1, 0.15) is 31.3 Å². The number of carbonyl (C=O) groups is 6. The molecule has 0 aliphatic heterocycles. The van der Waals surface area contributed by atoms with Gasteiger partial charge in [0.25, 0.3) is 0 Å². The number of unbranched alkanes of at least 4 members (excludes halogenated alkanes) is 7. The normalized spacial score (nSPS) is 11.4. The molecule has 1 rings (SSSR count). The molecule has 16 heteroatoms. The van der Waals surface area contributed by atoms with E-state index in [1.165, 1.54) is 12.1 Å². The van der Waals surface area contributed by atoms with Crippen molar-refractivity contribution in [2.75, 3.05) is 72.6 Å². The van der Waals surface area contributed by atoms with Crippen molar-refractivity contribution in [1.82, 2.24) is 16.0 Å². The highest BCUT2D eigenvalue weighted by Crippen LogP contribution is 2.14. The summed E-state index contributed by atoms with van der Waals surface area (Å²) in [7, 11) is 0. The van der Waals surface area contributed by atoms with E-state index in [0.29, 0.717) is 51.4 Å². The number of benzene rings is 1. The number of carbonyl (C=O) groups excluding carboxylic acids is 4. The van der Waals surface area contributed by atoms with Crippen LogP contribution in [0.2, 0.25) is 0 Å². The quantitative estimate of drug-likeness (QED) is 0.0508. The molecule has 0 fully saturated rings. The topological polar surface area (TPSA) is 225 Å². The lowest BCUT2D eigenvalue weighted by atomic mass is 10.1. The third-order valence-electron chi connectivity index (χ3n) is 7.26. The molecule has 288 valence electrons. The number of nitrogens with one attached hydrogen (secondary N) is 3. The molecule has 0 aliphatic rings. The van der Waals surface area contributed by atoms with Gasteiger partial charge in [-0.2, -0.15) is 0 Å². The van der Waals surface area contributed by atoms with Crippen molar-refractivity contribution in [2.24, 2.45) is 0 Å². The van der Waals surface area contributed by atoms with Crippen molar-refractivity contribution in [1.29, 1.82) is 0 Å². The Bertz CT molecular complexity index is 1130. The van der Waals surface area contributed by atoms with Crippen LogP contribution in [0.15, 0.2) is 24.3 Å². The van der Waals surface area contributed by atoms with E-state index < -0.39 is 18.0 Å². The summed E-state index contributed by atoms with van der Waals surface area (Å²) in [6.45, 7) is 2.51. The van der Waals surface area contributed by atoms with Gasteiger partial charge in [-0.25, -0.2) is 9.59 Å². The first-order chi connectivity index (χ1) is 24.7. The molecule has 0 heterocycles. The van der Waals surface area contributed by atoms with Crippen LogP contribution in [0.25, 0.3) is 0 Å². The Morgan fingerprint density at radius 2 is 1.20 bits per heavy atom. The van der Waals surface area contributed by atoms with Gasteiger partial charge in [-0.15, -0.1) is 0 Å². The third kappa shape index (κ3) is 26.4. The van der Waals surface area contributed by atoms with Crippen molar-refractivity contribution < 1.29 is 62.7 Å². The summed E-state index contributed by atoms with van der Waals surface area (Å²) >= 11 is 0. The number of aldehydes is 1. The Kier molecular flexibility index (Phi) is 27.0. The van der Waals surface area contributed by atoms with Crippen molar-refractivity contribution in [3.63, 3.8) is 0 Å². The van der Waals surface area contributed by atoms with Gasteiger partial charge >= 0.3 is 11.9 Å². The highest BCUT2D eigenvalue weighted by molar-refractivity contribution is 5.87. The number of aliphatic carboxylic acids is 1. The maximum atomic E-state index is 12.3. The Labute approximate surface area is 299 Å². The van der Waals surface area contributed by atoms with E-state index in [4.69, 9.17) is 28.8 Å². The van der Waals surface area contributed by atoms with Crippen LogP contribution < -0.4 is 20.7 Å². The van der Waals surface area contributed by atoms with Crippen molar-refractivity contribution >= 4 is 35.9 Å². The molecule has 16 nitrogen and oxygen atoms in total. The molecule has 0 radical (unpaired) electrons. The third-order valence-corrected chi connectivity index (χ3v) is 7.26. The minimum absolute atomic E-state index is 0.0246. The molecule has 0 aliphatic carbocycles. The second-order valence-corrected chi connectivity index (χ2v) is 11.5. The van der Waals surface area contributed by atoms with E-state index in [2.05, 4.69) is 16.0 Å². The molecule has 0 unspecified atom stereocenters. The molecule has 5 N–H and O–H groups in total. The maximum absolute atomic E-state index is 12.3. The summed E-state index contributed by atoms with van der Waals surface area (Å²) in [6.07, 6.45) is 8.41. The zero-order valence-corrected chi connectivity index (χ0v) is 29.4. The SMILES string of the molecule is O=CCOCCOCCNC(=O)COCCOCCNC(=O)CC[C@H](NC(=O)CCCCCCCCCCOc1ccc(C(=O)O)cc1)C(=O)O. The predicted molar refractivity (Wildman–Crippen MR) is 185 cm³/mol. The number of carboxylic acid groups (broad SMARTS) is 2. The number of aromatic carboxylic acids is 1. The fourth-order valence-electron chi connectivity index (χ4n) is 4.53. The van der Waals surface area contributed by atoms with Gasteiger partial charge in [0, 0.05) is 25.9 Å². The van der Waals surface area contributed by atoms with Crippen LogP contribution in [0.3, 0.4) is 0 Å². The molecule has 0 bridgehead atoms. The summed E-state index contributed by atoms with van der Waals surface area (Å²) in [4.78, 5) is 68.7. The zero-order chi connectivity index (χ0) is 37.4. The molecule has 1 atom stereocenters. The second-order valence-electron chi connectivity index (χ2n) is 11.5. The first kappa shape index (κ1) is 44.9. The van der Waals surface area contributed by atoms with E-state index in [-0.39, 0.29) is 82.1 Å². The van der Waals surface area contributed by atoms with Crippen LogP contribution >= 0.6 is 0 Å². The minimum Gasteiger partial charge on any atom is -0.494 e. The molecule has 1 aromatic carbocycles. The van der Waals surface area contributed by atoms with Gasteiger partial charge in [-0.05, 0) is 43.5 Å². The largest absolute Gasteiger partial charge is 0.494 e. The molecule has 0 aromatic heterocycles. The van der Waals surface area contributed by atoms with Gasteiger partial charge in [0.2, 0.25) is 17.7 Å². The Hall–Kier alpha value is -4.12. The molecule has 0 saturated carbocycles. The van der Waals surface area contributed by atoms with E-state index in [1.54, 1.807) is 12.1 Å². The molecular formula is C35H55N3O13. The lowest BCUT2D eigenvalue weighted by molar-refractivity contribution is -0.142. The van der Waals surface area contributed by atoms with E-state index in [1.807, 2.05) is 0 Å². The minimum atomic E-state index is -1.19. The molecule has 3 amide bonds. The van der Waals surface area contributed by atoms with Crippen molar-refractivity contribution in [3.05, 3.63) is 29.8 Å². The average Bonchev–Trinajstić information content (AvgIpc) is 3.11. The zero-order valence-electron chi connectivity index (χ0n) is 29.4. The van der Waals surface area contributed by atoms with Crippen LogP contribution in [0.1, 0.15) is 81.0 Å². The van der Waals surface area contributed by atoms with Gasteiger partial charge in [-0.3, -0.25) is 14.4 Å². The molecule has 1 aromatic rings. The van der Waals surface area contributed by atoms with E-state index in [9.17, 15) is 33.9 Å². The Balaban J connectivity index is 1.96. The smallest absolute Gasteiger partial charge is 0.335 e. The lowest BCUT2D eigenvalue weighted by Crippen LogP contribution is -2.41. The van der Waals surface area contributed by atoms with Gasteiger partial charge in [0.15, 0.2) is 0 Å². The summed E-state index contributed by atoms with van der Waals surface area (Å²) < 4.78 is 26.4. The fourth-order valence-corrected chi connectivity index (χ4v) is 4.53. The van der Waals surface area contributed by atoms with Crippen molar-refractivity contribution in [2.45, 2.75) is 76.7 Å². The number of rotatable bonds is 34. The summed E-state index contributed by atoms with van der Waals surface area (Å²) in [5.74, 6) is -2.52. The standard InChI is InChI=1S/C35H55N3O13/c39-18-22-49-24-23-47-21-17-37-33(42)27-50-26-25-48-20-16-36-31(40)15-14-30(35(45)46)38-32(41)9-7-5-3-1-2-4-6-8-19-51-29-12-10-28(11-13-29)34(43)44/h10-13,18,30H,1-9,14-17,19-27H2,(H,36,40)(H,37,42)(H,38,41)(H,43,44)(H,45,46)/t30-/m0/s1. The van der Waals surface area contributed by atoms with Crippen LogP contribution in [0.5, 0.6) is 5.75 Å². The second kappa shape index (κ2) is 30.7. The summed E-state index contributed by atoms with van der Waals surface area (Å²) in [5.41, 5.74) is 0.225. The van der Waals surface area contributed by atoms with Crippen LogP contribution in [0.4, 0.5) is 0 Å². The first-order valence-corrected chi connectivity index (χ1v) is 17.5. The Morgan fingerprint density at radius 3 is 1.80 bits per heavy atom. The average molecular weight is 726 g/mol. The monoisotopic (exact) mass is 725 g/mol. The number of hydrogen-bond acceptors (Lipinski definition) is 11. The number of hydrogen-bond donors (Lipinski definition) is 5. The highest BCUT2D eigenvalue weighted by atomic mass is 16.5. The molecular weight excluding hydrogens is 670 g/mol. The number of ether oxygens (including phenoxy) is 5. The van der Waals surface area contributed by atoms with Crippen LogP contribution in [-0.4, -0.2) is 125 Å². The van der Waals surface area contributed by atoms with Gasteiger partial charge < -0.3 is 54.6 Å². The summed E-state index contributed by atoms with van der Waals surface area (Å²) in [5, 5.41) is 26.2. The van der Waals surface area contributed by atoms with Crippen LogP contribution in [-0.2, 0) is 42.9 Å². The fraction of sp³-hybridized carbons (Fsp3) is 0.657. The Morgan fingerprint density at radius 1 is 0.627 bits per heavy atom. The predicted octanol–water partition coefficient (Wildman–Crippen LogP) is 2.12. The molecule has 0 spiro atoms.